The Balaban J connectivity index is 0.00000200. The highest BCUT2D eigenvalue weighted by molar-refractivity contribution is 5.85. The summed E-state index contributed by atoms with van der Waals surface area (Å²) in [5.41, 5.74) is 0.573. The molecule has 0 spiro atoms. The van der Waals surface area contributed by atoms with E-state index in [1.54, 1.807) is 12.1 Å². The van der Waals surface area contributed by atoms with E-state index in [0.717, 1.165) is 26.2 Å². The summed E-state index contributed by atoms with van der Waals surface area (Å²) in [4.78, 5) is 2.16. The number of nitrogens with zero attached hydrogens (tertiary/aromatic N) is 2. The van der Waals surface area contributed by atoms with E-state index in [9.17, 15) is 4.39 Å². The van der Waals surface area contributed by atoms with Crippen molar-refractivity contribution in [1.82, 2.24) is 10.2 Å². The zero-order valence-electron chi connectivity index (χ0n) is 11.8. The molecule has 0 bridgehead atoms. The number of hydrogen-bond donors (Lipinski definition) is 1. The molecule has 1 aliphatic heterocycles. The molecule has 2 rings (SSSR count). The molecule has 1 aromatic carbocycles. The van der Waals surface area contributed by atoms with Crippen molar-refractivity contribution in [3.63, 3.8) is 0 Å². The van der Waals surface area contributed by atoms with Crippen LogP contribution in [0.25, 0.3) is 0 Å². The van der Waals surface area contributed by atoms with Crippen LogP contribution in [0.3, 0.4) is 0 Å². The predicted octanol–water partition coefficient (Wildman–Crippen LogP) is 2.54. The van der Waals surface area contributed by atoms with Crippen molar-refractivity contribution < 1.29 is 9.13 Å². The van der Waals surface area contributed by atoms with Crippen LogP contribution in [0, 0.1) is 17.1 Å². The Hall–Kier alpha value is -1.06. The summed E-state index contributed by atoms with van der Waals surface area (Å²) < 4.78 is 19.1. The Labute approximate surface area is 137 Å². The fraction of sp³-hybridized carbons (Fsp3) is 0.500. The van der Waals surface area contributed by atoms with Gasteiger partial charge in [-0.25, -0.2) is 4.39 Å². The van der Waals surface area contributed by atoms with Gasteiger partial charge in [-0.2, -0.15) is 5.26 Å². The highest BCUT2D eigenvalue weighted by Crippen LogP contribution is 2.28. The first kappa shape index (κ1) is 19.9. The molecule has 7 heteroatoms. The molecule has 118 valence electrons. The molecule has 4 nitrogen and oxygen atoms in total. The second kappa shape index (κ2) is 9.80. The van der Waals surface area contributed by atoms with E-state index in [2.05, 4.69) is 16.3 Å². The molecule has 0 unspecified atom stereocenters. The molecule has 0 aliphatic carbocycles. The molecule has 1 fully saturated rings. The van der Waals surface area contributed by atoms with E-state index in [1.807, 2.05) is 0 Å². The summed E-state index contributed by atoms with van der Waals surface area (Å²) in [7, 11) is 1.51. The van der Waals surface area contributed by atoms with Crippen molar-refractivity contribution in [3.8, 4) is 11.8 Å². The van der Waals surface area contributed by atoms with Crippen LogP contribution in [-0.2, 0) is 0 Å². The first-order chi connectivity index (χ1) is 9.26. The van der Waals surface area contributed by atoms with Gasteiger partial charge in [-0.3, -0.25) is 4.90 Å². The van der Waals surface area contributed by atoms with Gasteiger partial charge in [0.05, 0.1) is 25.6 Å². The van der Waals surface area contributed by atoms with E-state index in [0.29, 0.717) is 17.7 Å². The maximum Gasteiger partial charge on any atom is 0.131 e. The lowest BCUT2D eigenvalue weighted by atomic mass is 10.0. The zero-order chi connectivity index (χ0) is 13.7. The normalized spacial score (nSPS) is 16.0. The van der Waals surface area contributed by atoms with Gasteiger partial charge in [-0.1, -0.05) is 6.07 Å². The molecule has 0 radical (unpaired) electrons. The minimum atomic E-state index is -0.307. The number of hydrogen-bond acceptors (Lipinski definition) is 4. The van der Waals surface area contributed by atoms with Crippen LogP contribution in [0.4, 0.5) is 4.39 Å². The molecule has 1 aliphatic rings. The fourth-order valence-electron chi connectivity index (χ4n) is 2.42. The number of methoxy groups -OCH3 is 1. The number of halogens is 3. The molecule has 0 amide bonds. The average Bonchev–Trinajstić information content (AvgIpc) is 2.46. The Morgan fingerprint density at radius 1 is 1.38 bits per heavy atom. The molecule has 0 aromatic heterocycles. The number of benzene rings is 1. The molecule has 1 aromatic rings. The third kappa shape index (κ3) is 5.01. The van der Waals surface area contributed by atoms with Crippen LogP contribution in [0.1, 0.15) is 18.0 Å². The van der Waals surface area contributed by atoms with Gasteiger partial charge in [0.15, 0.2) is 0 Å². The van der Waals surface area contributed by atoms with Gasteiger partial charge in [0.1, 0.15) is 11.6 Å². The van der Waals surface area contributed by atoms with E-state index in [4.69, 9.17) is 10.00 Å². The Morgan fingerprint density at radius 3 is 2.57 bits per heavy atom. The van der Waals surface area contributed by atoms with Crippen molar-refractivity contribution >= 4 is 24.8 Å². The van der Waals surface area contributed by atoms with Crippen LogP contribution in [0.2, 0.25) is 0 Å². The third-order valence-electron chi connectivity index (χ3n) is 3.44. The minimum absolute atomic E-state index is 0. The average molecular weight is 336 g/mol. The topological polar surface area (TPSA) is 48.3 Å². The molecular weight excluding hydrogens is 316 g/mol. The van der Waals surface area contributed by atoms with E-state index >= 15 is 0 Å². The maximum atomic E-state index is 14.1. The number of nitrogens with one attached hydrogen (secondary N) is 1. The molecule has 1 saturated heterocycles. The summed E-state index contributed by atoms with van der Waals surface area (Å²) in [5.74, 6) is 0.190. The van der Waals surface area contributed by atoms with Crippen molar-refractivity contribution in [2.45, 2.75) is 12.5 Å². The molecule has 21 heavy (non-hydrogen) atoms. The van der Waals surface area contributed by atoms with E-state index < -0.39 is 0 Å². The Kier molecular flexibility index (Phi) is 9.31. The van der Waals surface area contributed by atoms with Crippen molar-refractivity contribution in [3.05, 3.63) is 29.6 Å². The van der Waals surface area contributed by atoms with Crippen LogP contribution >= 0.6 is 24.8 Å². The van der Waals surface area contributed by atoms with Crippen LogP contribution in [-0.4, -0.2) is 38.2 Å². The summed E-state index contributed by atoms with van der Waals surface area (Å²) in [6.45, 7) is 3.41. The number of nitriles is 1. The second-order valence-corrected chi connectivity index (χ2v) is 4.55. The van der Waals surface area contributed by atoms with Gasteiger partial charge < -0.3 is 10.1 Å². The van der Waals surface area contributed by atoms with Crippen LogP contribution in [0.15, 0.2) is 18.2 Å². The number of ether oxygens (including phenoxy) is 1. The highest BCUT2D eigenvalue weighted by Gasteiger charge is 2.24. The standard InChI is InChI=1S/C14H18FN3O.2ClH/c1-19-11-2-3-12(13(15)10-11)14(4-5-16)18-8-6-17-7-9-18;;/h2-3,10,14,17H,4,6-9H2,1H3;2*1H/t14-;;/m0../s1. The quantitative estimate of drug-likeness (QED) is 0.918. The monoisotopic (exact) mass is 335 g/mol. The number of piperazine rings is 1. The van der Waals surface area contributed by atoms with Gasteiger partial charge in [-0.05, 0) is 6.07 Å². The van der Waals surface area contributed by atoms with Crippen molar-refractivity contribution in [2.75, 3.05) is 33.3 Å². The van der Waals surface area contributed by atoms with Crippen LogP contribution < -0.4 is 10.1 Å². The summed E-state index contributed by atoms with van der Waals surface area (Å²) in [5, 5.41) is 12.2. The second-order valence-electron chi connectivity index (χ2n) is 4.55. The lowest BCUT2D eigenvalue weighted by molar-refractivity contribution is 0.172. The van der Waals surface area contributed by atoms with Gasteiger partial charge in [-0.15, -0.1) is 24.8 Å². The smallest absolute Gasteiger partial charge is 0.131 e. The summed E-state index contributed by atoms with van der Waals surface area (Å²) >= 11 is 0. The highest BCUT2D eigenvalue weighted by atomic mass is 35.5. The predicted molar refractivity (Wildman–Crippen MR) is 84.9 cm³/mol. The first-order valence-corrected chi connectivity index (χ1v) is 6.41. The third-order valence-corrected chi connectivity index (χ3v) is 3.44. The molecule has 1 atom stereocenters. The van der Waals surface area contributed by atoms with Gasteiger partial charge in [0.2, 0.25) is 0 Å². The minimum Gasteiger partial charge on any atom is -0.497 e. The van der Waals surface area contributed by atoms with Crippen molar-refractivity contribution in [1.29, 1.82) is 5.26 Å². The molecule has 0 saturated carbocycles. The van der Waals surface area contributed by atoms with Crippen LogP contribution in [0.5, 0.6) is 5.75 Å². The Morgan fingerprint density at radius 2 is 2.05 bits per heavy atom. The number of rotatable bonds is 4. The maximum absolute atomic E-state index is 14.1. The summed E-state index contributed by atoms with van der Waals surface area (Å²) in [6, 6.07) is 6.82. The van der Waals surface area contributed by atoms with Gasteiger partial charge in [0.25, 0.3) is 0 Å². The lowest BCUT2D eigenvalue weighted by Crippen LogP contribution is -2.45. The van der Waals surface area contributed by atoms with E-state index in [-0.39, 0.29) is 36.7 Å². The molecular formula is C14H20Cl2FN3O. The molecule has 1 N–H and O–H groups in total. The van der Waals surface area contributed by atoms with E-state index in [1.165, 1.54) is 13.2 Å². The summed E-state index contributed by atoms with van der Waals surface area (Å²) in [6.07, 6.45) is 0.295. The Bertz CT molecular complexity index is 476. The zero-order valence-corrected chi connectivity index (χ0v) is 13.5. The fourth-order valence-corrected chi connectivity index (χ4v) is 2.42. The van der Waals surface area contributed by atoms with Gasteiger partial charge >= 0.3 is 0 Å². The SMILES string of the molecule is COc1ccc([C@H](CC#N)N2CCNCC2)c(F)c1.Cl.Cl. The van der Waals surface area contributed by atoms with Crippen molar-refractivity contribution in [2.24, 2.45) is 0 Å². The lowest BCUT2D eigenvalue weighted by Gasteiger charge is -2.34. The first-order valence-electron chi connectivity index (χ1n) is 6.41. The largest absolute Gasteiger partial charge is 0.497 e. The van der Waals surface area contributed by atoms with Gasteiger partial charge in [0, 0.05) is 37.8 Å². The molecule has 1 heterocycles.